The third-order valence-electron chi connectivity index (χ3n) is 3.76. The van der Waals surface area contributed by atoms with Crippen LogP contribution < -0.4 is 20.1 Å². The molecule has 116 valence electrons. The Kier molecular flexibility index (Phi) is 5.87. The fourth-order valence-corrected chi connectivity index (χ4v) is 2.51. The van der Waals surface area contributed by atoms with Crippen molar-refractivity contribution in [3.05, 3.63) is 24.3 Å². The molecule has 5 nitrogen and oxygen atoms in total. The number of benzene rings is 1. The summed E-state index contributed by atoms with van der Waals surface area (Å²) in [6, 6.07) is 7.99. The first-order valence-corrected chi connectivity index (χ1v) is 7.49. The zero-order chi connectivity index (χ0) is 15.1. The van der Waals surface area contributed by atoms with Crippen LogP contribution in [0.4, 0.5) is 0 Å². The van der Waals surface area contributed by atoms with Gasteiger partial charge in [0.1, 0.15) is 0 Å². The van der Waals surface area contributed by atoms with Crippen molar-refractivity contribution in [1.29, 1.82) is 0 Å². The number of nitrogens with one attached hydrogen (secondary N) is 2. The first kappa shape index (κ1) is 15.6. The lowest BCUT2D eigenvalue weighted by Gasteiger charge is -2.30. The molecule has 0 radical (unpaired) electrons. The van der Waals surface area contributed by atoms with Gasteiger partial charge in [0.05, 0.1) is 20.1 Å². The zero-order valence-electron chi connectivity index (χ0n) is 12.7. The average molecular weight is 292 g/mol. The lowest BCUT2D eigenvalue weighted by Crippen LogP contribution is -2.52. The molecule has 0 spiro atoms. The van der Waals surface area contributed by atoms with E-state index in [-0.39, 0.29) is 11.9 Å². The molecule has 1 heterocycles. The molecule has 2 N–H and O–H groups in total. The minimum Gasteiger partial charge on any atom is -0.493 e. The Morgan fingerprint density at radius 3 is 2.86 bits per heavy atom. The summed E-state index contributed by atoms with van der Waals surface area (Å²) < 4.78 is 10.8. The highest BCUT2D eigenvalue weighted by atomic mass is 16.5. The van der Waals surface area contributed by atoms with E-state index in [1.807, 2.05) is 24.3 Å². The van der Waals surface area contributed by atoms with Gasteiger partial charge in [-0.05, 0) is 38.4 Å². The first-order valence-electron chi connectivity index (χ1n) is 7.49. The topological polar surface area (TPSA) is 59.6 Å². The number of piperidine rings is 1. The van der Waals surface area contributed by atoms with Crippen LogP contribution in [0.5, 0.6) is 11.5 Å². The summed E-state index contributed by atoms with van der Waals surface area (Å²) in [6.45, 7) is 3.49. The highest BCUT2D eigenvalue weighted by molar-refractivity contribution is 5.76. The molecule has 2 atom stereocenters. The second kappa shape index (κ2) is 7.88. The maximum absolute atomic E-state index is 12.0. The van der Waals surface area contributed by atoms with E-state index < -0.39 is 0 Å². The average Bonchev–Trinajstić information content (AvgIpc) is 2.50. The van der Waals surface area contributed by atoms with Gasteiger partial charge >= 0.3 is 0 Å². The third-order valence-corrected chi connectivity index (χ3v) is 3.76. The van der Waals surface area contributed by atoms with Crippen molar-refractivity contribution in [2.24, 2.45) is 0 Å². The molecular weight excluding hydrogens is 268 g/mol. The van der Waals surface area contributed by atoms with Gasteiger partial charge in [-0.15, -0.1) is 0 Å². The van der Waals surface area contributed by atoms with Crippen LogP contribution in [0.15, 0.2) is 24.3 Å². The molecule has 0 aromatic heterocycles. The highest BCUT2D eigenvalue weighted by Gasteiger charge is 2.22. The van der Waals surface area contributed by atoms with E-state index in [4.69, 9.17) is 9.47 Å². The van der Waals surface area contributed by atoms with E-state index in [0.717, 1.165) is 19.4 Å². The van der Waals surface area contributed by atoms with E-state index in [0.29, 0.717) is 30.6 Å². The number of para-hydroxylation sites is 2. The van der Waals surface area contributed by atoms with Crippen LogP contribution in [0.25, 0.3) is 0 Å². The number of hydrogen-bond donors (Lipinski definition) is 2. The second-order valence-corrected chi connectivity index (χ2v) is 5.31. The Balaban J connectivity index is 1.74. The van der Waals surface area contributed by atoms with Crippen LogP contribution in [0.1, 0.15) is 26.2 Å². The zero-order valence-corrected chi connectivity index (χ0v) is 12.7. The predicted octanol–water partition coefficient (Wildman–Crippen LogP) is 1.72. The Labute approximate surface area is 126 Å². The van der Waals surface area contributed by atoms with Crippen LogP contribution in [0.3, 0.4) is 0 Å². The van der Waals surface area contributed by atoms with Crippen molar-refractivity contribution < 1.29 is 14.3 Å². The molecular formula is C16H24N2O3. The van der Waals surface area contributed by atoms with Crippen molar-refractivity contribution in [1.82, 2.24) is 10.6 Å². The molecule has 2 unspecified atom stereocenters. The lowest BCUT2D eigenvalue weighted by molar-refractivity contribution is -0.122. The Hall–Kier alpha value is -1.75. The number of hydrogen-bond acceptors (Lipinski definition) is 4. The van der Waals surface area contributed by atoms with Gasteiger partial charge in [-0.2, -0.15) is 0 Å². The van der Waals surface area contributed by atoms with Crippen molar-refractivity contribution in [2.75, 3.05) is 20.3 Å². The predicted molar refractivity (Wildman–Crippen MR) is 81.7 cm³/mol. The van der Waals surface area contributed by atoms with E-state index >= 15 is 0 Å². The largest absolute Gasteiger partial charge is 0.493 e. The SMILES string of the molecule is COc1ccccc1OCCC(=O)NC1CCCNC1C. The van der Waals surface area contributed by atoms with Crippen molar-refractivity contribution in [3.8, 4) is 11.5 Å². The quantitative estimate of drug-likeness (QED) is 0.838. The van der Waals surface area contributed by atoms with Gasteiger partial charge in [0.25, 0.3) is 0 Å². The van der Waals surface area contributed by atoms with Gasteiger partial charge in [-0.25, -0.2) is 0 Å². The summed E-state index contributed by atoms with van der Waals surface area (Å²) in [5, 5.41) is 6.44. The molecule has 2 rings (SSSR count). The fourth-order valence-electron chi connectivity index (χ4n) is 2.51. The fraction of sp³-hybridized carbons (Fsp3) is 0.562. The van der Waals surface area contributed by atoms with Gasteiger partial charge in [0.15, 0.2) is 11.5 Å². The van der Waals surface area contributed by atoms with E-state index in [2.05, 4.69) is 17.6 Å². The Morgan fingerprint density at radius 1 is 1.38 bits per heavy atom. The molecule has 1 aliphatic rings. The molecule has 1 saturated heterocycles. The van der Waals surface area contributed by atoms with Gasteiger partial charge in [-0.3, -0.25) is 4.79 Å². The van der Waals surface area contributed by atoms with Crippen LogP contribution in [-0.4, -0.2) is 38.3 Å². The smallest absolute Gasteiger partial charge is 0.223 e. The number of methoxy groups -OCH3 is 1. The van der Waals surface area contributed by atoms with E-state index in [9.17, 15) is 4.79 Å². The van der Waals surface area contributed by atoms with Gasteiger partial charge < -0.3 is 20.1 Å². The van der Waals surface area contributed by atoms with Crippen LogP contribution in [-0.2, 0) is 4.79 Å². The minimum atomic E-state index is 0.0328. The second-order valence-electron chi connectivity index (χ2n) is 5.31. The molecule has 1 aromatic rings. The summed E-state index contributed by atoms with van der Waals surface area (Å²) in [5.41, 5.74) is 0. The third kappa shape index (κ3) is 4.63. The molecule has 1 aliphatic heterocycles. The molecule has 0 bridgehead atoms. The lowest BCUT2D eigenvalue weighted by atomic mass is 10.00. The summed E-state index contributed by atoms with van der Waals surface area (Å²) in [4.78, 5) is 12.0. The Bertz CT molecular complexity index is 465. The molecule has 21 heavy (non-hydrogen) atoms. The monoisotopic (exact) mass is 292 g/mol. The van der Waals surface area contributed by atoms with E-state index in [1.54, 1.807) is 7.11 Å². The Morgan fingerprint density at radius 2 is 2.14 bits per heavy atom. The minimum absolute atomic E-state index is 0.0328. The maximum Gasteiger partial charge on any atom is 0.223 e. The van der Waals surface area contributed by atoms with Crippen LogP contribution >= 0.6 is 0 Å². The van der Waals surface area contributed by atoms with Crippen molar-refractivity contribution in [3.63, 3.8) is 0 Å². The van der Waals surface area contributed by atoms with Gasteiger partial charge in [-0.1, -0.05) is 12.1 Å². The summed E-state index contributed by atoms with van der Waals surface area (Å²) in [5.74, 6) is 1.38. The normalized spacial score (nSPS) is 21.6. The summed E-state index contributed by atoms with van der Waals surface area (Å²) in [7, 11) is 1.60. The van der Waals surface area contributed by atoms with Crippen molar-refractivity contribution >= 4 is 5.91 Å². The van der Waals surface area contributed by atoms with Crippen LogP contribution in [0.2, 0.25) is 0 Å². The molecule has 1 aromatic carbocycles. The van der Waals surface area contributed by atoms with Gasteiger partial charge in [0.2, 0.25) is 5.91 Å². The van der Waals surface area contributed by atoms with Gasteiger partial charge in [0, 0.05) is 12.1 Å². The molecule has 1 amide bonds. The first-order chi connectivity index (χ1) is 10.2. The number of carbonyl (C=O) groups is 1. The molecule has 0 saturated carbocycles. The van der Waals surface area contributed by atoms with Crippen molar-refractivity contribution in [2.45, 2.75) is 38.3 Å². The molecule has 5 heteroatoms. The number of amides is 1. The summed E-state index contributed by atoms with van der Waals surface area (Å²) in [6.07, 6.45) is 2.49. The van der Waals surface area contributed by atoms with Crippen LogP contribution in [0, 0.1) is 0 Å². The maximum atomic E-state index is 12.0. The number of carbonyl (C=O) groups excluding carboxylic acids is 1. The van der Waals surface area contributed by atoms with E-state index in [1.165, 1.54) is 0 Å². The summed E-state index contributed by atoms with van der Waals surface area (Å²) >= 11 is 0. The standard InChI is InChI=1S/C16H24N2O3/c1-12-13(6-5-10-17-12)18-16(19)9-11-21-15-8-4-3-7-14(15)20-2/h3-4,7-8,12-13,17H,5-6,9-11H2,1-2H3,(H,18,19). The number of rotatable bonds is 6. The molecule has 1 fully saturated rings. The highest BCUT2D eigenvalue weighted by Crippen LogP contribution is 2.25. The molecule has 0 aliphatic carbocycles. The number of ether oxygens (including phenoxy) is 2.